The van der Waals surface area contributed by atoms with E-state index in [4.69, 9.17) is 20.4 Å². The second kappa shape index (κ2) is 53.9. The van der Waals surface area contributed by atoms with Crippen LogP contribution in [-0.2, 0) is 51.4 Å². The van der Waals surface area contributed by atoms with Crippen LogP contribution in [0.1, 0.15) is 140 Å². The summed E-state index contributed by atoms with van der Waals surface area (Å²) in [6, 6.07) is 118. The number of fused-ring (bicyclic) bond motifs is 4. The molecule has 16 aromatic carbocycles. The maximum atomic E-state index is 9.38. The molecule has 0 fully saturated rings. The molecule has 8 N–H and O–H groups in total. The molecule has 0 atom stereocenters. The Kier molecular flexibility index (Phi) is 43.7. The lowest BCUT2D eigenvalue weighted by Gasteiger charge is -2.04. The summed E-state index contributed by atoms with van der Waals surface area (Å²) in [5.41, 5.74) is 16.6. The largest absolute Gasteiger partial charge is 0.508 e. The summed E-state index contributed by atoms with van der Waals surface area (Å²) in [7, 11) is 0. The highest BCUT2D eigenvalue weighted by atomic mass is 16.3. The number of aromatic hydroxyl groups is 8. The van der Waals surface area contributed by atoms with Gasteiger partial charge < -0.3 is 40.9 Å². The number of hydrogen-bond acceptors (Lipinski definition) is 8. The van der Waals surface area contributed by atoms with Crippen molar-refractivity contribution in [2.24, 2.45) is 0 Å². The third kappa shape index (κ3) is 33.4. The van der Waals surface area contributed by atoms with E-state index in [0.717, 1.165) is 75.2 Å². The molecule has 0 spiro atoms. The predicted molar refractivity (Wildman–Crippen MR) is 506 cm³/mol. The highest BCUT2D eigenvalue weighted by Crippen LogP contribution is 2.31. The van der Waals surface area contributed by atoms with Crippen LogP contribution in [0.3, 0.4) is 0 Å². The molecule has 0 bridgehead atoms. The van der Waals surface area contributed by atoms with Gasteiger partial charge in [0, 0.05) is 21.5 Å². The highest BCUT2D eigenvalue weighted by molar-refractivity contribution is 5.91. The van der Waals surface area contributed by atoms with E-state index in [1.807, 2.05) is 30.3 Å². The van der Waals surface area contributed by atoms with Crippen LogP contribution >= 0.6 is 0 Å². The lowest BCUT2D eigenvalue weighted by Crippen LogP contribution is -1.83. The minimum absolute atomic E-state index is 0. The molecule has 0 heterocycles. The van der Waals surface area contributed by atoms with Crippen LogP contribution in [-0.4, -0.2) is 40.9 Å². The summed E-state index contributed by atoms with van der Waals surface area (Å²) in [6.07, 6.45) is 14.3. The van der Waals surface area contributed by atoms with Crippen molar-refractivity contribution in [3.05, 3.63) is 408 Å². The molecule has 0 saturated heterocycles. The first kappa shape index (κ1) is 95.5. The van der Waals surface area contributed by atoms with E-state index in [-0.39, 0.29) is 60.8 Å². The van der Waals surface area contributed by atoms with E-state index < -0.39 is 0 Å². The lowest BCUT2D eigenvalue weighted by molar-refractivity contribution is 0.474. The molecule has 0 unspecified atom stereocenters. The number of benzene rings is 16. The molecule has 0 aliphatic carbocycles. The van der Waals surface area contributed by atoms with Gasteiger partial charge in [-0.2, -0.15) is 0 Å². The second-order valence-electron chi connectivity index (χ2n) is 27.8. The Balaban J connectivity index is 0.000000235. The van der Waals surface area contributed by atoms with Gasteiger partial charge in [-0.3, -0.25) is 0 Å². The molecule has 0 saturated carbocycles. The van der Waals surface area contributed by atoms with Gasteiger partial charge in [0.05, 0.1) is 0 Å². The molecule has 8 nitrogen and oxygen atoms in total. The van der Waals surface area contributed by atoms with Crippen molar-refractivity contribution in [1.82, 2.24) is 0 Å². The van der Waals surface area contributed by atoms with Crippen molar-refractivity contribution >= 4 is 43.1 Å². The smallest absolute Gasteiger partial charge is 0.123 e. The van der Waals surface area contributed by atoms with Crippen LogP contribution in [0, 0.1) is 0 Å². The van der Waals surface area contributed by atoms with Gasteiger partial charge in [0.2, 0.25) is 0 Å². The molecular formula is C110H124O8. The Morgan fingerprint density at radius 3 is 0.576 bits per heavy atom. The minimum atomic E-state index is 0. The molecule has 612 valence electrons. The van der Waals surface area contributed by atoms with Crippen LogP contribution in [0.15, 0.2) is 364 Å². The number of phenolic OH excluding ortho intramolecular Hbond substituents is 8. The Labute approximate surface area is 703 Å². The predicted octanol–water partition coefficient (Wildman–Crippen LogP) is 29.8. The summed E-state index contributed by atoms with van der Waals surface area (Å²) in [6.45, 7) is 17.5. The van der Waals surface area contributed by atoms with Crippen LogP contribution in [0.5, 0.6) is 46.0 Å². The number of phenols is 8. The molecule has 0 aliphatic heterocycles. The SMILES string of the molecule is C.C.CCCCc1ccccc1.CCCc1ccccc1.CCCc1ccccc1.CCc1ccc(-c2ccc(CC)cc2)cc1.CCc1ccc(-c2ccc(CC)cc2)cc1.CCc1ccccc1.Oc1ccc2c(O)cccc2c1.Oc1ccc2c(O)cccc2c1.Oc1ccc2c(O)cccc2c1.Oc1ccc2c(O)cccc2c1. The first-order chi connectivity index (χ1) is 56.5. The minimum Gasteiger partial charge on any atom is -0.508 e. The molecule has 0 radical (unpaired) electrons. The van der Waals surface area contributed by atoms with Crippen molar-refractivity contribution < 1.29 is 40.9 Å². The zero-order valence-electron chi connectivity index (χ0n) is 68.7. The van der Waals surface area contributed by atoms with Crippen molar-refractivity contribution in [3.8, 4) is 68.2 Å². The Morgan fingerprint density at radius 1 is 0.178 bits per heavy atom. The lowest BCUT2D eigenvalue weighted by atomic mass is 10.0. The summed E-state index contributed by atoms with van der Waals surface area (Å²) < 4.78 is 0. The average Bonchev–Trinajstić information content (AvgIpc) is 0.809. The van der Waals surface area contributed by atoms with Crippen LogP contribution < -0.4 is 0 Å². The normalized spacial score (nSPS) is 9.90. The van der Waals surface area contributed by atoms with Gasteiger partial charge in [0.1, 0.15) is 46.0 Å². The topological polar surface area (TPSA) is 162 Å². The molecular weight excluding hydrogens is 1450 g/mol. The van der Waals surface area contributed by atoms with Crippen molar-refractivity contribution in [2.45, 2.75) is 147 Å². The van der Waals surface area contributed by atoms with E-state index in [2.05, 4.69) is 268 Å². The van der Waals surface area contributed by atoms with Crippen LogP contribution in [0.2, 0.25) is 0 Å². The molecule has 0 amide bonds. The van der Waals surface area contributed by atoms with Gasteiger partial charge in [0.25, 0.3) is 0 Å². The zero-order valence-corrected chi connectivity index (χ0v) is 68.7. The molecule has 0 aliphatic rings. The molecule has 118 heavy (non-hydrogen) atoms. The van der Waals surface area contributed by atoms with Crippen molar-refractivity contribution in [3.63, 3.8) is 0 Å². The maximum Gasteiger partial charge on any atom is 0.123 e. The van der Waals surface area contributed by atoms with E-state index in [0.29, 0.717) is 0 Å². The fraction of sp³-hybridized carbons (Fsp3) is 0.200. The quantitative estimate of drug-likeness (QED) is 0.0534. The Morgan fingerprint density at radius 2 is 0.381 bits per heavy atom. The van der Waals surface area contributed by atoms with E-state index in [1.165, 1.54) is 112 Å². The summed E-state index contributed by atoms with van der Waals surface area (Å²) in [5.74, 6) is 1.84. The summed E-state index contributed by atoms with van der Waals surface area (Å²) in [4.78, 5) is 0. The first-order valence-electron chi connectivity index (χ1n) is 40.6. The fourth-order valence-electron chi connectivity index (χ4n) is 12.4. The van der Waals surface area contributed by atoms with Gasteiger partial charge in [-0.25, -0.2) is 0 Å². The van der Waals surface area contributed by atoms with Crippen molar-refractivity contribution in [2.75, 3.05) is 0 Å². The summed E-state index contributed by atoms with van der Waals surface area (Å²) >= 11 is 0. The van der Waals surface area contributed by atoms with Gasteiger partial charge in [0.15, 0.2) is 0 Å². The van der Waals surface area contributed by atoms with Gasteiger partial charge in [-0.1, -0.05) is 356 Å². The van der Waals surface area contributed by atoms with E-state index >= 15 is 0 Å². The standard InChI is InChI=1S/2C16H18.4C10H8O2.C10H14.2C9H12.C8H10.2CH4/c2*1-3-13-5-9-15(10-6-13)16-11-7-14(4-2)8-12-16;4*11-8-4-5-9-7(6-8)2-1-3-10(9)12;1-2-3-7-10-8-5-4-6-9-10;2*1-2-6-9-7-4-3-5-8-9;1-2-8-6-4-3-5-7-8;;/h2*5-12H,3-4H2,1-2H3;4*1-6,11-12H;4-6,8-9H,2-3,7H2,1H3;2*3-5,7-8H,2,6H2,1H3;3-7H,2H2,1H3;2*1H4. The third-order valence-corrected chi connectivity index (χ3v) is 19.2. The number of aryl methyl sites for hydroxylation is 8. The van der Waals surface area contributed by atoms with Gasteiger partial charge in [-0.05, 0) is 243 Å². The Bertz CT molecular complexity index is 4830. The molecule has 16 aromatic rings. The van der Waals surface area contributed by atoms with Crippen molar-refractivity contribution in [1.29, 1.82) is 0 Å². The number of hydrogen-bond donors (Lipinski definition) is 8. The second-order valence-corrected chi connectivity index (χ2v) is 27.8. The summed E-state index contributed by atoms with van der Waals surface area (Å²) in [5, 5.41) is 80.5. The average molecular weight is 1570 g/mol. The van der Waals surface area contributed by atoms with Crippen LogP contribution in [0.25, 0.3) is 65.3 Å². The fourth-order valence-corrected chi connectivity index (χ4v) is 12.4. The third-order valence-electron chi connectivity index (χ3n) is 19.2. The monoisotopic (exact) mass is 1570 g/mol. The molecule has 0 aromatic heterocycles. The number of rotatable bonds is 14. The zero-order chi connectivity index (χ0) is 83.1. The molecule has 16 rings (SSSR count). The molecule has 8 heteroatoms. The van der Waals surface area contributed by atoms with E-state index in [1.54, 1.807) is 121 Å². The van der Waals surface area contributed by atoms with Crippen LogP contribution in [0.4, 0.5) is 0 Å². The van der Waals surface area contributed by atoms with E-state index in [9.17, 15) is 20.4 Å². The first-order valence-corrected chi connectivity index (χ1v) is 40.6. The van der Waals surface area contributed by atoms with Gasteiger partial charge in [-0.15, -0.1) is 0 Å². The maximum absolute atomic E-state index is 9.38. The number of unbranched alkanes of at least 4 members (excludes halogenated alkanes) is 1. The Hall–Kier alpha value is -13.0. The highest BCUT2D eigenvalue weighted by Gasteiger charge is 2.05. The van der Waals surface area contributed by atoms with Gasteiger partial charge >= 0.3 is 0 Å².